The van der Waals surface area contributed by atoms with Crippen LogP contribution in [-0.4, -0.2) is 37.4 Å². The van der Waals surface area contributed by atoms with Crippen molar-refractivity contribution in [3.05, 3.63) is 47.9 Å². The lowest BCUT2D eigenvalue weighted by Crippen LogP contribution is -1.99. The molecule has 0 atom stereocenters. The molecular formula is C20H19NO6. The molecule has 7 heteroatoms. The van der Waals surface area contributed by atoms with Gasteiger partial charge in [-0.2, -0.15) is 0 Å². The molecule has 0 unspecified atom stereocenters. The molecule has 0 spiro atoms. The largest absolute Gasteiger partial charge is 0.496 e. The third-order valence-corrected chi connectivity index (χ3v) is 3.98. The van der Waals surface area contributed by atoms with Gasteiger partial charge in [0.25, 0.3) is 0 Å². The molecule has 2 aromatic carbocycles. The van der Waals surface area contributed by atoms with Crippen LogP contribution in [0.2, 0.25) is 0 Å². The molecule has 7 nitrogen and oxygen atoms in total. The van der Waals surface area contributed by atoms with Gasteiger partial charge < -0.3 is 23.7 Å². The van der Waals surface area contributed by atoms with Crippen LogP contribution in [0.5, 0.6) is 17.2 Å². The van der Waals surface area contributed by atoms with Crippen molar-refractivity contribution < 1.29 is 28.5 Å². The molecule has 0 saturated heterocycles. The van der Waals surface area contributed by atoms with Crippen molar-refractivity contribution in [3.63, 3.8) is 0 Å². The summed E-state index contributed by atoms with van der Waals surface area (Å²) in [6.07, 6.45) is 1.41. The quantitative estimate of drug-likeness (QED) is 0.676. The van der Waals surface area contributed by atoms with Crippen LogP contribution in [0.1, 0.15) is 17.9 Å². The van der Waals surface area contributed by atoms with Crippen LogP contribution in [0, 0.1) is 0 Å². The first kappa shape index (κ1) is 18.3. The van der Waals surface area contributed by atoms with Gasteiger partial charge >= 0.3 is 5.97 Å². The summed E-state index contributed by atoms with van der Waals surface area (Å²) in [7, 11) is 4.58. The molecule has 0 bridgehead atoms. The predicted octanol–water partition coefficient (Wildman–Crippen LogP) is 3.87. The van der Waals surface area contributed by atoms with Crippen molar-refractivity contribution in [1.82, 2.24) is 4.98 Å². The lowest BCUT2D eigenvalue weighted by atomic mass is 10.1. The van der Waals surface area contributed by atoms with E-state index < -0.39 is 5.97 Å². The van der Waals surface area contributed by atoms with Gasteiger partial charge in [0.05, 0.1) is 27.8 Å². The lowest BCUT2D eigenvalue weighted by molar-refractivity contribution is -0.135. The molecule has 0 fully saturated rings. The molecule has 0 saturated carbocycles. The molecule has 1 heterocycles. The first-order chi connectivity index (χ1) is 13.0. The number of carboxylic acid groups (broad SMARTS) is 1. The van der Waals surface area contributed by atoms with Gasteiger partial charge in [0.15, 0.2) is 17.1 Å². The van der Waals surface area contributed by atoms with Gasteiger partial charge in [0, 0.05) is 17.2 Å². The van der Waals surface area contributed by atoms with Gasteiger partial charge in [-0.15, -0.1) is 0 Å². The number of aromatic nitrogens is 1. The third-order valence-electron chi connectivity index (χ3n) is 3.98. The second-order valence-electron chi connectivity index (χ2n) is 5.68. The molecule has 27 heavy (non-hydrogen) atoms. The number of rotatable bonds is 7. The topological polar surface area (TPSA) is 91.0 Å². The molecule has 3 aromatic rings. The van der Waals surface area contributed by atoms with Crippen molar-refractivity contribution in [1.29, 1.82) is 0 Å². The zero-order valence-corrected chi connectivity index (χ0v) is 15.2. The summed E-state index contributed by atoms with van der Waals surface area (Å²) in [6, 6.07) is 10.6. The van der Waals surface area contributed by atoms with E-state index in [9.17, 15) is 9.90 Å². The van der Waals surface area contributed by atoms with Crippen LogP contribution < -0.4 is 14.2 Å². The SMILES string of the molecule is COc1cc(OC)c(OC)cc1/C=C(\CC(=O)O)c1nc2ccccc2o1. The van der Waals surface area contributed by atoms with Crippen LogP contribution in [0.3, 0.4) is 0 Å². The second kappa shape index (κ2) is 7.82. The van der Waals surface area contributed by atoms with Crippen molar-refractivity contribution >= 4 is 28.7 Å². The number of fused-ring (bicyclic) bond motifs is 1. The van der Waals surface area contributed by atoms with E-state index in [1.807, 2.05) is 12.1 Å². The molecule has 0 amide bonds. The number of nitrogens with zero attached hydrogens (tertiary/aromatic N) is 1. The highest BCUT2D eigenvalue weighted by Gasteiger charge is 2.17. The Hall–Kier alpha value is -3.48. The van der Waals surface area contributed by atoms with Gasteiger partial charge in [0.2, 0.25) is 5.89 Å². The summed E-state index contributed by atoms with van der Waals surface area (Å²) in [4.78, 5) is 15.8. The second-order valence-corrected chi connectivity index (χ2v) is 5.68. The van der Waals surface area contributed by atoms with E-state index in [0.29, 0.717) is 39.5 Å². The molecule has 3 rings (SSSR count). The number of hydrogen-bond acceptors (Lipinski definition) is 6. The summed E-state index contributed by atoms with van der Waals surface area (Å²) in [6.45, 7) is 0. The summed E-state index contributed by atoms with van der Waals surface area (Å²) in [5.41, 5.74) is 2.27. The number of methoxy groups -OCH3 is 3. The Kier molecular flexibility index (Phi) is 5.30. The third kappa shape index (κ3) is 3.87. The van der Waals surface area contributed by atoms with Gasteiger partial charge in [-0.05, 0) is 24.3 Å². The standard InChI is InChI=1S/C20H19NO6/c1-24-16-11-18(26-3)17(25-2)9-12(16)8-13(10-19(22)23)20-21-14-6-4-5-7-15(14)27-20/h4-9,11H,10H2,1-3H3,(H,22,23)/b13-8+. The van der Waals surface area contributed by atoms with Crippen LogP contribution in [0.15, 0.2) is 40.8 Å². The monoisotopic (exact) mass is 369 g/mol. The highest BCUT2D eigenvalue weighted by Crippen LogP contribution is 2.37. The Balaban J connectivity index is 2.14. The van der Waals surface area contributed by atoms with Crippen molar-refractivity contribution in [2.45, 2.75) is 6.42 Å². The zero-order valence-electron chi connectivity index (χ0n) is 15.2. The number of carbonyl (C=O) groups is 1. The number of hydrogen-bond donors (Lipinski definition) is 1. The minimum Gasteiger partial charge on any atom is -0.496 e. The fourth-order valence-corrected chi connectivity index (χ4v) is 2.71. The summed E-state index contributed by atoms with van der Waals surface area (Å²) < 4.78 is 21.8. The molecule has 140 valence electrons. The number of oxazole rings is 1. The molecule has 0 aliphatic heterocycles. The first-order valence-electron chi connectivity index (χ1n) is 8.14. The Morgan fingerprint density at radius 2 is 1.74 bits per heavy atom. The Morgan fingerprint density at radius 1 is 1.07 bits per heavy atom. The Bertz CT molecular complexity index is 972. The van der Waals surface area contributed by atoms with Gasteiger partial charge in [-0.1, -0.05) is 12.1 Å². The van der Waals surface area contributed by atoms with E-state index in [-0.39, 0.29) is 12.3 Å². The van der Waals surface area contributed by atoms with Gasteiger partial charge in [-0.25, -0.2) is 4.98 Å². The molecule has 1 aromatic heterocycles. The van der Waals surface area contributed by atoms with E-state index in [1.165, 1.54) is 21.3 Å². The fourth-order valence-electron chi connectivity index (χ4n) is 2.71. The molecule has 0 aliphatic rings. The van der Waals surface area contributed by atoms with Crippen molar-refractivity contribution in [2.24, 2.45) is 0 Å². The number of aliphatic carboxylic acids is 1. The smallest absolute Gasteiger partial charge is 0.308 e. The number of carboxylic acids is 1. The maximum atomic E-state index is 11.4. The minimum absolute atomic E-state index is 0.246. The normalized spacial score (nSPS) is 11.4. The lowest BCUT2D eigenvalue weighted by Gasteiger charge is -2.12. The summed E-state index contributed by atoms with van der Waals surface area (Å²) in [5, 5.41) is 9.32. The first-order valence-corrected chi connectivity index (χ1v) is 8.14. The van der Waals surface area contributed by atoms with Crippen LogP contribution >= 0.6 is 0 Å². The van der Waals surface area contributed by atoms with E-state index in [1.54, 1.807) is 30.3 Å². The van der Waals surface area contributed by atoms with Crippen LogP contribution in [0.4, 0.5) is 0 Å². The predicted molar refractivity (Wildman–Crippen MR) is 100 cm³/mol. The molecule has 1 N–H and O–H groups in total. The van der Waals surface area contributed by atoms with E-state index >= 15 is 0 Å². The molecule has 0 aliphatic carbocycles. The fraction of sp³-hybridized carbons (Fsp3) is 0.200. The minimum atomic E-state index is -0.997. The van der Waals surface area contributed by atoms with Crippen LogP contribution in [0.25, 0.3) is 22.7 Å². The number of para-hydroxylation sites is 2. The van der Waals surface area contributed by atoms with Gasteiger partial charge in [-0.3, -0.25) is 4.79 Å². The van der Waals surface area contributed by atoms with Gasteiger partial charge in [0.1, 0.15) is 11.3 Å². The van der Waals surface area contributed by atoms with E-state index in [4.69, 9.17) is 18.6 Å². The Morgan fingerprint density at radius 3 is 2.37 bits per heavy atom. The van der Waals surface area contributed by atoms with Crippen LogP contribution in [-0.2, 0) is 4.79 Å². The van der Waals surface area contributed by atoms with E-state index in [2.05, 4.69) is 4.98 Å². The summed E-state index contributed by atoms with van der Waals surface area (Å²) >= 11 is 0. The van der Waals surface area contributed by atoms with Crippen molar-refractivity contribution in [3.8, 4) is 17.2 Å². The maximum Gasteiger partial charge on any atom is 0.308 e. The number of ether oxygens (including phenoxy) is 3. The van der Waals surface area contributed by atoms with Crippen molar-refractivity contribution in [2.75, 3.05) is 21.3 Å². The highest BCUT2D eigenvalue weighted by atomic mass is 16.5. The Labute approximate surface area is 155 Å². The van der Waals surface area contributed by atoms with E-state index in [0.717, 1.165) is 0 Å². The highest BCUT2D eigenvalue weighted by molar-refractivity contribution is 5.92. The summed E-state index contributed by atoms with van der Waals surface area (Å²) in [5.74, 6) is 0.759. The average Bonchev–Trinajstić information content (AvgIpc) is 3.10. The molecular weight excluding hydrogens is 350 g/mol. The molecule has 0 radical (unpaired) electrons. The maximum absolute atomic E-state index is 11.4. The average molecular weight is 369 g/mol. The zero-order chi connectivity index (χ0) is 19.4. The number of benzene rings is 2.